The van der Waals surface area contributed by atoms with E-state index in [1.165, 1.54) is 11.1 Å². The third kappa shape index (κ3) is 2.60. The highest BCUT2D eigenvalue weighted by molar-refractivity contribution is 9.09. The number of nitrogens with zero attached hydrogens (tertiary/aromatic N) is 1. The summed E-state index contributed by atoms with van der Waals surface area (Å²) in [5.41, 5.74) is 2.54. The van der Waals surface area contributed by atoms with Crippen LogP contribution in [0.4, 0.5) is 0 Å². The van der Waals surface area contributed by atoms with Crippen molar-refractivity contribution in [1.82, 2.24) is 4.31 Å². The first-order chi connectivity index (χ1) is 9.13. The molecule has 2 aliphatic rings. The Morgan fingerprint density at radius 2 is 1.95 bits per heavy atom. The van der Waals surface area contributed by atoms with Gasteiger partial charge < -0.3 is 0 Å². The lowest BCUT2D eigenvalue weighted by atomic mass is 10.1. The molecule has 0 aromatic heterocycles. The molecule has 19 heavy (non-hydrogen) atoms. The fraction of sp³-hybridized carbons (Fsp3) is 0.571. The zero-order valence-electron chi connectivity index (χ0n) is 10.8. The van der Waals surface area contributed by atoms with E-state index in [1.807, 2.05) is 12.1 Å². The average Bonchev–Trinajstić information content (AvgIpc) is 3.11. The second-order valence-corrected chi connectivity index (χ2v) is 8.00. The first-order valence-corrected chi connectivity index (χ1v) is 9.38. The van der Waals surface area contributed by atoms with E-state index in [0.717, 1.165) is 32.1 Å². The molecule has 1 fully saturated rings. The Balaban J connectivity index is 1.94. The molecule has 2 aliphatic carbocycles. The number of hydrogen-bond acceptors (Lipinski definition) is 2. The van der Waals surface area contributed by atoms with Gasteiger partial charge >= 0.3 is 0 Å². The zero-order chi connectivity index (χ0) is 13.5. The van der Waals surface area contributed by atoms with Crippen LogP contribution in [0.15, 0.2) is 23.1 Å². The Morgan fingerprint density at radius 3 is 2.63 bits per heavy atom. The second-order valence-electron chi connectivity index (χ2n) is 5.32. The number of benzene rings is 1. The lowest BCUT2D eigenvalue weighted by Crippen LogP contribution is -2.34. The smallest absolute Gasteiger partial charge is 0.207 e. The monoisotopic (exact) mass is 343 g/mol. The number of hydrogen-bond donors (Lipinski definition) is 0. The maximum Gasteiger partial charge on any atom is 0.243 e. The van der Waals surface area contributed by atoms with Crippen molar-refractivity contribution in [2.45, 2.75) is 43.0 Å². The van der Waals surface area contributed by atoms with Crippen molar-refractivity contribution in [2.24, 2.45) is 0 Å². The Kier molecular flexibility index (Phi) is 3.71. The van der Waals surface area contributed by atoms with Crippen molar-refractivity contribution in [1.29, 1.82) is 0 Å². The summed E-state index contributed by atoms with van der Waals surface area (Å²) in [5.74, 6) is 0. The van der Waals surface area contributed by atoms with E-state index in [1.54, 1.807) is 10.4 Å². The lowest BCUT2D eigenvalue weighted by molar-refractivity contribution is 0.424. The molecular weight excluding hydrogens is 326 g/mol. The molecule has 1 aromatic carbocycles. The molecule has 0 saturated heterocycles. The molecule has 0 spiro atoms. The number of rotatable bonds is 5. The van der Waals surface area contributed by atoms with Crippen LogP contribution in [0.25, 0.3) is 0 Å². The molecule has 0 unspecified atom stereocenters. The summed E-state index contributed by atoms with van der Waals surface area (Å²) in [6.07, 6.45) is 5.24. The molecular formula is C14H18BrNO2S. The second kappa shape index (κ2) is 5.19. The molecule has 1 saturated carbocycles. The topological polar surface area (TPSA) is 37.4 Å². The highest BCUT2D eigenvalue weighted by Gasteiger charge is 2.37. The van der Waals surface area contributed by atoms with Crippen molar-refractivity contribution in [3.05, 3.63) is 29.3 Å². The fourth-order valence-electron chi connectivity index (χ4n) is 2.79. The third-order valence-corrected chi connectivity index (χ3v) is 6.24. The van der Waals surface area contributed by atoms with Crippen molar-refractivity contribution < 1.29 is 8.42 Å². The number of fused-ring (bicyclic) bond motifs is 1. The van der Waals surface area contributed by atoms with Gasteiger partial charge in [-0.2, -0.15) is 4.31 Å². The normalized spacial score (nSPS) is 18.8. The molecule has 3 rings (SSSR count). The van der Waals surface area contributed by atoms with E-state index >= 15 is 0 Å². The predicted octanol–water partition coefficient (Wildman–Crippen LogP) is 2.72. The zero-order valence-corrected chi connectivity index (χ0v) is 13.2. The van der Waals surface area contributed by atoms with Gasteiger partial charge in [0.05, 0.1) is 4.90 Å². The van der Waals surface area contributed by atoms with Crippen LogP contribution < -0.4 is 0 Å². The van der Waals surface area contributed by atoms with E-state index in [-0.39, 0.29) is 6.04 Å². The minimum atomic E-state index is -3.32. The summed E-state index contributed by atoms with van der Waals surface area (Å²) in [4.78, 5) is 0.473. The molecule has 0 radical (unpaired) electrons. The SMILES string of the molecule is O=S(=O)(c1ccc2c(c1)CCC2)N(CCBr)C1CC1. The Bertz CT molecular complexity index is 581. The molecule has 0 heterocycles. The molecule has 0 N–H and O–H groups in total. The van der Waals surface area contributed by atoms with E-state index in [2.05, 4.69) is 15.9 Å². The van der Waals surface area contributed by atoms with Gasteiger partial charge in [0.1, 0.15) is 0 Å². The first kappa shape index (κ1) is 13.6. The summed E-state index contributed by atoms with van der Waals surface area (Å²) in [5, 5.41) is 0.688. The van der Waals surface area contributed by atoms with Crippen molar-refractivity contribution in [3.8, 4) is 0 Å². The fourth-order valence-corrected chi connectivity index (χ4v) is 5.14. The van der Waals surface area contributed by atoms with Gasteiger partial charge in [0.15, 0.2) is 0 Å². The lowest BCUT2D eigenvalue weighted by Gasteiger charge is -2.21. The standard InChI is InChI=1S/C14H18BrNO2S/c15-8-9-16(13-5-6-13)19(17,18)14-7-4-11-2-1-3-12(11)10-14/h4,7,10,13H,1-3,5-6,8-9H2. The minimum absolute atomic E-state index is 0.218. The summed E-state index contributed by atoms with van der Waals surface area (Å²) in [7, 11) is -3.32. The van der Waals surface area contributed by atoms with Crippen molar-refractivity contribution in [3.63, 3.8) is 0 Å². The van der Waals surface area contributed by atoms with E-state index in [4.69, 9.17) is 0 Å². The van der Waals surface area contributed by atoms with Crippen LogP contribution in [0, 0.1) is 0 Å². The number of halogens is 1. The number of aryl methyl sites for hydroxylation is 2. The van der Waals surface area contributed by atoms with Gasteiger partial charge in [0.2, 0.25) is 10.0 Å². The summed E-state index contributed by atoms with van der Waals surface area (Å²) in [6.45, 7) is 0.560. The van der Waals surface area contributed by atoms with Crippen molar-refractivity contribution in [2.75, 3.05) is 11.9 Å². The van der Waals surface area contributed by atoms with Crippen LogP contribution in [-0.4, -0.2) is 30.6 Å². The minimum Gasteiger partial charge on any atom is -0.207 e. The summed E-state index contributed by atoms with van der Waals surface area (Å²) >= 11 is 3.35. The van der Waals surface area contributed by atoms with Gasteiger partial charge in [0.25, 0.3) is 0 Å². The Labute approximate surface area is 123 Å². The Hall–Kier alpha value is -0.390. The van der Waals surface area contributed by atoms with Crippen LogP contribution in [0.2, 0.25) is 0 Å². The van der Waals surface area contributed by atoms with E-state index < -0.39 is 10.0 Å². The van der Waals surface area contributed by atoms with Gasteiger partial charge in [-0.15, -0.1) is 0 Å². The highest BCUT2D eigenvalue weighted by atomic mass is 79.9. The van der Waals surface area contributed by atoms with Crippen LogP contribution in [0.5, 0.6) is 0 Å². The molecule has 0 bridgehead atoms. The van der Waals surface area contributed by atoms with Crippen LogP contribution in [0.3, 0.4) is 0 Å². The van der Waals surface area contributed by atoms with Gasteiger partial charge in [-0.3, -0.25) is 0 Å². The molecule has 0 aliphatic heterocycles. The molecule has 0 amide bonds. The van der Waals surface area contributed by atoms with Crippen LogP contribution in [0.1, 0.15) is 30.4 Å². The van der Waals surface area contributed by atoms with E-state index in [9.17, 15) is 8.42 Å². The molecule has 104 valence electrons. The van der Waals surface area contributed by atoms with Gasteiger partial charge in [-0.1, -0.05) is 22.0 Å². The summed E-state index contributed by atoms with van der Waals surface area (Å²) in [6, 6.07) is 5.88. The van der Waals surface area contributed by atoms with Crippen LogP contribution >= 0.6 is 15.9 Å². The predicted molar refractivity (Wildman–Crippen MR) is 79.2 cm³/mol. The molecule has 0 atom stereocenters. The molecule has 1 aromatic rings. The summed E-state index contributed by atoms with van der Waals surface area (Å²) < 4.78 is 27.1. The Morgan fingerprint density at radius 1 is 1.21 bits per heavy atom. The quantitative estimate of drug-likeness (QED) is 0.771. The average molecular weight is 344 g/mol. The molecule has 5 heteroatoms. The number of sulfonamides is 1. The number of alkyl halides is 1. The highest BCUT2D eigenvalue weighted by Crippen LogP contribution is 2.33. The largest absolute Gasteiger partial charge is 0.243 e. The third-order valence-electron chi connectivity index (χ3n) is 3.94. The maximum absolute atomic E-state index is 12.7. The maximum atomic E-state index is 12.7. The van der Waals surface area contributed by atoms with Crippen LogP contribution in [-0.2, 0) is 22.9 Å². The van der Waals surface area contributed by atoms with Gasteiger partial charge in [-0.25, -0.2) is 8.42 Å². The van der Waals surface area contributed by atoms with Gasteiger partial charge in [0, 0.05) is 17.9 Å². The first-order valence-electron chi connectivity index (χ1n) is 6.82. The molecule has 3 nitrogen and oxygen atoms in total. The van der Waals surface area contributed by atoms with E-state index in [0.29, 0.717) is 16.8 Å². The van der Waals surface area contributed by atoms with Crippen molar-refractivity contribution >= 4 is 26.0 Å². The van der Waals surface area contributed by atoms with Gasteiger partial charge in [-0.05, 0) is 55.4 Å².